The van der Waals surface area contributed by atoms with E-state index in [1.807, 2.05) is 6.07 Å². The molecule has 0 saturated heterocycles. The monoisotopic (exact) mass is 303 g/mol. The third-order valence-electron chi connectivity index (χ3n) is 3.65. The standard InChI is InChI=1S/C14H17N5OS/c1-9-2-4-11(6-9)17-12-5-3-10(7-15-12)13(20)18-14-19-16-8-21-14/h3,5,7-9,11H,2,4,6H2,1H3,(H,15,17)(H,18,19,20). The number of hydrogen-bond acceptors (Lipinski definition) is 6. The molecular weight excluding hydrogens is 286 g/mol. The van der Waals surface area contributed by atoms with E-state index in [9.17, 15) is 4.79 Å². The zero-order valence-electron chi connectivity index (χ0n) is 11.7. The predicted octanol–water partition coefficient (Wildman–Crippen LogP) is 2.79. The van der Waals surface area contributed by atoms with Crippen LogP contribution in [0.25, 0.3) is 0 Å². The quantitative estimate of drug-likeness (QED) is 0.908. The Balaban J connectivity index is 1.59. The molecule has 6 nitrogen and oxygen atoms in total. The molecule has 3 rings (SSSR count). The Bertz CT molecular complexity index is 598. The lowest BCUT2D eigenvalue weighted by molar-refractivity contribution is 0.102. The number of amides is 1. The number of nitrogens with zero attached hydrogens (tertiary/aromatic N) is 3. The fourth-order valence-electron chi connectivity index (χ4n) is 2.56. The number of rotatable bonds is 4. The molecule has 1 aliphatic carbocycles. The minimum Gasteiger partial charge on any atom is -0.367 e. The van der Waals surface area contributed by atoms with Crippen LogP contribution in [0.1, 0.15) is 36.5 Å². The van der Waals surface area contributed by atoms with Gasteiger partial charge in [-0.05, 0) is 37.3 Å². The van der Waals surface area contributed by atoms with Gasteiger partial charge in [-0.25, -0.2) is 4.98 Å². The second-order valence-electron chi connectivity index (χ2n) is 5.39. The summed E-state index contributed by atoms with van der Waals surface area (Å²) in [6, 6.07) is 4.11. The number of pyridine rings is 1. The topological polar surface area (TPSA) is 79.8 Å². The van der Waals surface area contributed by atoms with Crippen molar-refractivity contribution < 1.29 is 4.79 Å². The molecule has 0 spiro atoms. The first-order valence-corrected chi connectivity index (χ1v) is 7.89. The summed E-state index contributed by atoms with van der Waals surface area (Å²) in [5.41, 5.74) is 2.08. The molecule has 21 heavy (non-hydrogen) atoms. The van der Waals surface area contributed by atoms with Crippen LogP contribution in [0.2, 0.25) is 0 Å². The number of carbonyl (C=O) groups excluding carboxylic acids is 1. The number of carbonyl (C=O) groups is 1. The molecule has 2 aromatic rings. The van der Waals surface area contributed by atoms with Crippen LogP contribution in [0.4, 0.5) is 10.9 Å². The van der Waals surface area contributed by atoms with Crippen LogP contribution in [0.3, 0.4) is 0 Å². The Hall–Kier alpha value is -2.02. The molecular formula is C14H17N5OS. The smallest absolute Gasteiger partial charge is 0.259 e. The maximum Gasteiger partial charge on any atom is 0.259 e. The Labute approximate surface area is 127 Å². The summed E-state index contributed by atoms with van der Waals surface area (Å²) in [5.74, 6) is 1.38. The van der Waals surface area contributed by atoms with Crippen LogP contribution in [0.5, 0.6) is 0 Å². The number of anilines is 2. The first-order chi connectivity index (χ1) is 10.2. The SMILES string of the molecule is CC1CCC(Nc2ccc(C(=O)Nc3nncs3)cn2)C1. The second-order valence-corrected chi connectivity index (χ2v) is 6.22. The van der Waals surface area contributed by atoms with Gasteiger partial charge in [0.05, 0.1) is 5.56 Å². The van der Waals surface area contributed by atoms with Crippen molar-refractivity contribution in [1.29, 1.82) is 0 Å². The van der Waals surface area contributed by atoms with E-state index >= 15 is 0 Å². The van der Waals surface area contributed by atoms with Gasteiger partial charge in [0, 0.05) is 12.2 Å². The van der Waals surface area contributed by atoms with Gasteiger partial charge in [-0.15, -0.1) is 10.2 Å². The van der Waals surface area contributed by atoms with Crippen LogP contribution in [-0.4, -0.2) is 27.1 Å². The molecule has 2 unspecified atom stereocenters. The second kappa shape index (κ2) is 6.17. The summed E-state index contributed by atoms with van der Waals surface area (Å²) >= 11 is 1.28. The van der Waals surface area contributed by atoms with E-state index in [0.717, 1.165) is 11.7 Å². The van der Waals surface area contributed by atoms with Crippen LogP contribution in [0, 0.1) is 5.92 Å². The highest BCUT2D eigenvalue weighted by atomic mass is 32.1. The first-order valence-electron chi connectivity index (χ1n) is 7.01. The zero-order chi connectivity index (χ0) is 14.7. The van der Waals surface area contributed by atoms with Gasteiger partial charge in [-0.3, -0.25) is 10.1 Å². The molecule has 1 fully saturated rings. The average molecular weight is 303 g/mol. The Morgan fingerprint density at radius 1 is 1.38 bits per heavy atom. The van der Waals surface area contributed by atoms with E-state index in [2.05, 4.69) is 32.7 Å². The van der Waals surface area contributed by atoms with E-state index in [1.54, 1.807) is 17.8 Å². The Morgan fingerprint density at radius 3 is 2.90 bits per heavy atom. The average Bonchev–Trinajstić information content (AvgIpc) is 3.12. The molecule has 110 valence electrons. The maximum atomic E-state index is 12.0. The highest BCUT2D eigenvalue weighted by molar-refractivity contribution is 7.13. The van der Waals surface area contributed by atoms with Gasteiger partial charge in [-0.1, -0.05) is 18.3 Å². The third kappa shape index (κ3) is 3.55. The number of nitrogens with one attached hydrogen (secondary N) is 2. The molecule has 0 aliphatic heterocycles. The van der Waals surface area contributed by atoms with Gasteiger partial charge in [0.15, 0.2) is 0 Å². The number of hydrogen-bond donors (Lipinski definition) is 2. The molecule has 2 heterocycles. The largest absolute Gasteiger partial charge is 0.367 e. The zero-order valence-corrected chi connectivity index (χ0v) is 12.6. The van der Waals surface area contributed by atoms with Gasteiger partial charge >= 0.3 is 0 Å². The number of aromatic nitrogens is 3. The van der Waals surface area contributed by atoms with Gasteiger partial charge in [0.1, 0.15) is 11.3 Å². The highest BCUT2D eigenvalue weighted by Gasteiger charge is 2.21. The summed E-state index contributed by atoms with van der Waals surface area (Å²) in [5, 5.41) is 14.0. The minimum absolute atomic E-state index is 0.222. The molecule has 2 aromatic heterocycles. The summed E-state index contributed by atoms with van der Waals surface area (Å²) in [6.07, 6.45) is 5.21. The lowest BCUT2D eigenvalue weighted by Gasteiger charge is -2.13. The van der Waals surface area contributed by atoms with Crippen molar-refractivity contribution in [3.63, 3.8) is 0 Å². The van der Waals surface area contributed by atoms with Crippen molar-refractivity contribution in [1.82, 2.24) is 15.2 Å². The molecule has 7 heteroatoms. The fourth-order valence-corrected chi connectivity index (χ4v) is 3.00. The van der Waals surface area contributed by atoms with Crippen molar-refractivity contribution in [2.45, 2.75) is 32.2 Å². The Kier molecular flexibility index (Phi) is 4.10. The molecule has 1 aliphatic rings. The van der Waals surface area contributed by atoms with Gasteiger partial charge < -0.3 is 5.32 Å². The van der Waals surface area contributed by atoms with E-state index in [-0.39, 0.29) is 5.91 Å². The molecule has 0 bridgehead atoms. The molecule has 1 saturated carbocycles. The predicted molar refractivity (Wildman–Crippen MR) is 82.5 cm³/mol. The van der Waals surface area contributed by atoms with E-state index in [0.29, 0.717) is 16.7 Å². The van der Waals surface area contributed by atoms with E-state index < -0.39 is 0 Å². The van der Waals surface area contributed by atoms with Gasteiger partial charge in [0.25, 0.3) is 5.91 Å². The molecule has 0 radical (unpaired) electrons. The van der Waals surface area contributed by atoms with Crippen LogP contribution in [-0.2, 0) is 0 Å². The van der Waals surface area contributed by atoms with Gasteiger partial charge in [0.2, 0.25) is 5.13 Å². The lowest BCUT2D eigenvalue weighted by atomic mass is 10.1. The van der Waals surface area contributed by atoms with Crippen molar-refractivity contribution in [3.8, 4) is 0 Å². The van der Waals surface area contributed by atoms with Crippen molar-refractivity contribution in [3.05, 3.63) is 29.4 Å². The summed E-state index contributed by atoms with van der Waals surface area (Å²) in [7, 11) is 0. The Morgan fingerprint density at radius 2 is 2.29 bits per heavy atom. The van der Waals surface area contributed by atoms with Crippen LogP contribution in [0.15, 0.2) is 23.8 Å². The summed E-state index contributed by atoms with van der Waals surface area (Å²) in [6.45, 7) is 2.27. The van der Waals surface area contributed by atoms with Crippen LogP contribution >= 0.6 is 11.3 Å². The fraction of sp³-hybridized carbons (Fsp3) is 0.429. The van der Waals surface area contributed by atoms with Crippen molar-refractivity contribution in [2.75, 3.05) is 10.6 Å². The molecule has 0 aromatic carbocycles. The first kappa shape index (κ1) is 13.9. The van der Waals surface area contributed by atoms with Crippen LogP contribution < -0.4 is 10.6 Å². The summed E-state index contributed by atoms with van der Waals surface area (Å²) in [4.78, 5) is 16.3. The van der Waals surface area contributed by atoms with E-state index in [4.69, 9.17) is 0 Å². The van der Waals surface area contributed by atoms with Crippen molar-refractivity contribution >= 4 is 28.2 Å². The van der Waals surface area contributed by atoms with Gasteiger partial charge in [-0.2, -0.15) is 0 Å². The normalized spacial score (nSPS) is 21.2. The van der Waals surface area contributed by atoms with Crippen molar-refractivity contribution in [2.24, 2.45) is 5.92 Å². The third-order valence-corrected chi connectivity index (χ3v) is 4.26. The summed E-state index contributed by atoms with van der Waals surface area (Å²) < 4.78 is 0. The molecule has 2 atom stereocenters. The molecule has 2 N–H and O–H groups in total. The molecule has 1 amide bonds. The maximum absolute atomic E-state index is 12.0. The minimum atomic E-state index is -0.222. The highest BCUT2D eigenvalue weighted by Crippen LogP contribution is 2.26. The lowest BCUT2D eigenvalue weighted by Crippen LogP contribution is -2.17. The van der Waals surface area contributed by atoms with E-state index in [1.165, 1.54) is 30.6 Å².